The molecule has 1 N–H and O–H groups in total. The molecule has 104 valence electrons. The zero-order valence-electron chi connectivity index (χ0n) is 10.9. The van der Waals surface area contributed by atoms with Crippen LogP contribution in [0.15, 0.2) is 42.6 Å². The predicted octanol–water partition coefficient (Wildman–Crippen LogP) is 3.15. The topological polar surface area (TPSA) is 59.4 Å². The number of benzene rings is 1. The summed E-state index contributed by atoms with van der Waals surface area (Å²) >= 11 is 6.09. The molecule has 1 heterocycles. The van der Waals surface area contributed by atoms with E-state index in [2.05, 4.69) is 4.98 Å². The lowest BCUT2D eigenvalue weighted by molar-refractivity contribution is -0.138. The van der Waals surface area contributed by atoms with Gasteiger partial charge in [0.25, 0.3) is 0 Å². The molecule has 0 amide bonds. The third-order valence-electron chi connectivity index (χ3n) is 3.05. The Labute approximate surface area is 122 Å². The highest BCUT2D eigenvalue weighted by molar-refractivity contribution is 6.31. The van der Waals surface area contributed by atoms with Crippen LogP contribution in [0.4, 0.5) is 0 Å². The zero-order valence-corrected chi connectivity index (χ0v) is 11.7. The fourth-order valence-electron chi connectivity index (χ4n) is 2.07. The molecule has 1 atom stereocenters. The Bertz CT molecular complexity index is 616. The number of rotatable bonds is 5. The number of nitrogens with zero attached hydrogens (tertiary/aromatic N) is 1. The van der Waals surface area contributed by atoms with Crippen LogP contribution < -0.4 is 4.74 Å². The average molecular weight is 292 g/mol. The highest BCUT2D eigenvalue weighted by atomic mass is 35.5. The second-order valence-electron chi connectivity index (χ2n) is 4.29. The molecular formula is C15H14ClNO3. The Morgan fingerprint density at radius 2 is 2.10 bits per heavy atom. The molecule has 0 aliphatic rings. The van der Waals surface area contributed by atoms with Crippen molar-refractivity contribution in [1.29, 1.82) is 0 Å². The molecule has 0 saturated carbocycles. The van der Waals surface area contributed by atoms with Gasteiger partial charge in [-0.1, -0.05) is 35.9 Å². The number of carboxylic acid groups (broad SMARTS) is 1. The number of methoxy groups -OCH3 is 1. The molecule has 2 rings (SSSR count). The van der Waals surface area contributed by atoms with Crippen LogP contribution in [-0.2, 0) is 11.2 Å². The Hall–Kier alpha value is -2.07. The van der Waals surface area contributed by atoms with Crippen LogP contribution in [0.2, 0.25) is 5.02 Å². The van der Waals surface area contributed by atoms with E-state index >= 15 is 0 Å². The molecule has 0 aliphatic carbocycles. The molecular weight excluding hydrogens is 278 g/mol. The Balaban J connectivity index is 2.36. The highest BCUT2D eigenvalue weighted by Crippen LogP contribution is 2.29. The van der Waals surface area contributed by atoms with E-state index in [1.165, 1.54) is 7.11 Å². The van der Waals surface area contributed by atoms with Crippen LogP contribution >= 0.6 is 11.6 Å². The van der Waals surface area contributed by atoms with E-state index in [1.807, 2.05) is 0 Å². The summed E-state index contributed by atoms with van der Waals surface area (Å²) in [5.74, 6) is -1.23. The number of aliphatic carboxylic acids is 1. The smallest absolute Gasteiger partial charge is 0.311 e. The van der Waals surface area contributed by atoms with Gasteiger partial charge >= 0.3 is 5.97 Å². The second-order valence-corrected chi connectivity index (χ2v) is 4.70. The first-order valence-corrected chi connectivity index (χ1v) is 6.46. The van der Waals surface area contributed by atoms with Crippen molar-refractivity contribution in [1.82, 2.24) is 4.98 Å². The SMILES string of the molecule is COc1ncccc1CC(C(=O)O)c1ccccc1Cl. The van der Waals surface area contributed by atoms with Gasteiger partial charge in [0.15, 0.2) is 0 Å². The molecule has 5 heteroatoms. The first-order chi connectivity index (χ1) is 9.63. The number of pyridine rings is 1. The van der Waals surface area contributed by atoms with Crippen molar-refractivity contribution in [3.8, 4) is 5.88 Å². The van der Waals surface area contributed by atoms with Gasteiger partial charge in [0.05, 0.1) is 13.0 Å². The number of hydrogen-bond acceptors (Lipinski definition) is 3. The summed E-state index contributed by atoms with van der Waals surface area (Å²) in [6.45, 7) is 0. The van der Waals surface area contributed by atoms with Crippen molar-refractivity contribution in [3.05, 3.63) is 58.7 Å². The molecule has 0 spiro atoms. The van der Waals surface area contributed by atoms with Gasteiger partial charge in [-0.05, 0) is 24.1 Å². The minimum Gasteiger partial charge on any atom is -0.481 e. The molecule has 1 aromatic heterocycles. The van der Waals surface area contributed by atoms with Gasteiger partial charge in [-0.25, -0.2) is 4.98 Å². The van der Waals surface area contributed by atoms with Gasteiger partial charge in [-0.2, -0.15) is 0 Å². The zero-order chi connectivity index (χ0) is 14.5. The van der Waals surface area contributed by atoms with Crippen LogP contribution in [0, 0.1) is 0 Å². The lowest BCUT2D eigenvalue weighted by Crippen LogP contribution is -2.15. The normalized spacial score (nSPS) is 11.9. The number of halogens is 1. The Morgan fingerprint density at radius 1 is 1.35 bits per heavy atom. The van der Waals surface area contributed by atoms with Crippen molar-refractivity contribution < 1.29 is 14.6 Å². The van der Waals surface area contributed by atoms with Crippen molar-refractivity contribution in [2.45, 2.75) is 12.3 Å². The molecule has 1 unspecified atom stereocenters. The summed E-state index contributed by atoms with van der Waals surface area (Å²) < 4.78 is 5.16. The minimum atomic E-state index is -0.927. The largest absolute Gasteiger partial charge is 0.481 e. The van der Waals surface area contributed by atoms with Crippen molar-refractivity contribution in [2.24, 2.45) is 0 Å². The van der Waals surface area contributed by atoms with Gasteiger partial charge in [0, 0.05) is 16.8 Å². The monoisotopic (exact) mass is 291 g/mol. The van der Waals surface area contributed by atoms with E-state index < -0.39 is 11.9 Å². The third kappa shape index (κ3) is 3.08. The maximum atomic E-state index is 11.5. The number of carboxylic acids is 1. The predicted molar refractivity (Wildman–Crippen MR) is 76.3 cm³/mol. The molecule has 0 saturated heterocycles. The first-order valence-electron chi connectivity index (χ1n) is 6.08. The number of ether oxygens (including phenoxy) is 1. The summed E-state index contributed by atoms with van der Waals surface area (Å²) in [6.07, 6.45) is 1.88. The van der Waals surface area contributed by atoms with Crippen molar-refractivity contribution >= 4 is 17.6 Å². The van der Waals surface area contributed by atoms with Gasteiger partial charge in [0.2, 0.25) is 5.88 Å². The minimum absolute atomic E-state index is 0.274. The summed E-state index contributed by atoms with van der Waals surface area (Å²) in [6, 6.07) is 10.5. The summed E-state index contributed by atoms with van der Waals surface area (Å²) in [7, 11) is 1.51. The number of aromatic nitrogens is 1. The fourth-order valence-corrected chi connectivity index (χ4v) is 2.34. The van der Waals surface area contributed by atoms with E-state index in [4.69, 9.17) is 16.3 Å². The van der Waals surface area contributed by atoms with E-state index in [1.54, 1.807) is 42.6 Å². The maximum absolute atomic E-state index is 11.5. The summed E-state index contributed by atoms with van der Waals surface area (Å²) in [5, 5.41) is 9.90. The second kappa shape index (κ2) is 6.39. The van der Waals surface area contributed by atoms with Crippen molar-refractivity contribution in [2.75, 3.05) is 7.11 Å². The lowest BCUT2D eigenvalue weighted by Gasteiger charge is -2.15. The Kier molecular flexibility index (Phi) is 4.58. The first kappa shape index (κ1) is 14.3. The van der Waals surface area contributed by atoms with Crippen molar-refractivity contribution in [3.63, 3.8) is 0 Å². The van der Waals surface area contributed by atoms with Crippen LogP contribution in [0.25, 0.3) is 0 Å². The molecule has 0 fully saturated rings. The Morgan fingerprint density at radius 3 is 2.75 bits per heavy atom. The molecule has 2 aromatic rings. The third-order valence-corrected chi connectivity index (χ3v) is 3.39. The van der Waals surface area contributed by atoms with Gasteiger partial charge in [0.1, 0.15) is 0 Å². The molecule has 0 bridgehead atoms. The highest BCUT2D eigenvalue weighted by Gasteiger charge is 2.24. The van der Waals surface area contributed by atoms with Crippen LogP contribution in [-0.4, -0.2) is 23.2 Å². The van der Waals surface area contributed by atoms with E-state index in [0.717, 1.165) is 5.56 Å². The van der Waals surface area contributed by atoms with Crippen LogP contribution in [0.3, 0.4) is 0 Å². The standard InChI is InChI=1S/C15H14ClNO3/c1-20-14-10(5-4-8-17-14)9-12(15(18)19)11-6-2-3-7-13(11)16/h2-8,12H,9H2,1H3,(H,18,19). The average Bonchev–Trinajstić information content (AvgIpc) is 2.46. The van der Waals surface area contributed by atoms with Crippen LogP contribution in [0.1, 0.15) is 17.0 Å². The molecule has 4 nitrogen and oxygen atoms in total. The van der Waals surface area contributed by atoms with E-state index in [9.17, 15) is 9.90 Å². The molecule has 0 radical (unpaired) electrons. The molecule has 1 aromatic carbocycles. The van der Waals surface area contributed by atoms with Crippen LogP contribution in [0.5, 0.6) is 5.88 Å². The maximum Gasteiger partial charge on any atom is 0.311 e. The van der Waals surface area contributed by atoms with Gasteiger partial charge < -0.3 is 9.84 Å². The van der Waals surface area contributed by atoms with E-state index in [-0.39, 0.29) is 6.42 Å². The summed E-state index contributed by atoms with van der Waals surface area (Å²) in [4.78, 5) is 15.6. The summed E-state index contributed by atoms with van der Waals surface area (Å²) in [5.41, 5.74) is 1.33. The molecule has 0 aliphatic heterocycles. The molecule has 20 heavy (non-hydrogen) atoms. The fraction of sp³-hybridized carbons (Fsp3) is 0.200. The number of hydrogen-bond donors (Lipinski definition) is 1. The van der Waals surface area contributed by atoms with Gasteiger partial charge in [-0.15, -0.1) is 0 Å². The van der Waals surface area contributed by atoms with Gasteiger partial charge in [-0.3, -0.25) is 4.79 Å². The quantitative estimate of drug-likeness (QED) is 0.919. The lowest BCUT2D eigenvalue weighted by atomic mass is 9.92. The van der Waals surface area contributed by atoms with E-state index in [0.29, 0.717) is 16.5 Å². The number of carbonyl (C=O) groups is 1.